The van der Waals surface area contributed by atoms with Gasteiger partial charge in [0.25, 0.3) is 0 Å². The molecule has 1 aromatic carbocycles. The van der Waals surface area contributed by atoms with Crippen molar-refractivity contribution in [3.8, 4) is 5.75 Å². The predicted molar refractivity (Wildman–Crippen MR) is 66.2 cm³/mol. The quantitative estimate of drug-likeness (QED) is 0.716. The molecular formula is C13H21NO2. The van der Waals surface area contributed by atoms with Crippen LogP contribution in [0.15, 0.2) is 18.2 Å². The highest BCUT2D eigenvalue weighted by atomic mass is 16.5. The first-order valence-corrected chi connectivity index (χ1v) is 5.64. The molecule has 0 aliphatic rings. The lowest BCUT2D eigenvalue weighted by Crippen LogP contribution is -2.24. The van der Waals surface area contributed by atoms with Gasteiger partial charge in [-0.2, -0.15) is 0 Å². The smallest absolute Gasteiger partial charge is 0.122 e. The van der Waals surface area contributed by atoms with Crippen molar-refractivity contribution in [3.63, 3.8) is 0 Å². The molecule has 0 aliphatic carbocycles. The molecule has 1 aromatic rings. The lowest BCUT2D eigenvalue weighted by molar-refractivity contribution is 0.196. The highest BCUT2D eigenvalue weighted by Crippen LogP contribution is 2.20. The van der Waals surface area contributed by atoms with Gasteiger partial charge in [0.2, 0.25) is 0 Å². The van der Waals surface area contributed by atoms with Crippen molar-refractivity contribution in [2.75, 3.05) is 33.4 Å². The topological polar surface area (TPSA) is 30.5 Å². The third-order valence-corrected chi connectivity index (χ3v) is 2.57. The molecule has 0 unspecified atom stereocenters. The van der Waals surface area contributed by atoms with E-state index < -0.39 is 0 Å². The fraction of sp³-hybridized carbons (Fsp3) is 0.538. The second kappa shape index (κ2) is 7.25. The van der Waals surface area contributed by atoms with Crippen molar-refractivity contribution >= 4 is 0 Å². The second-order valence-corrected chi connectivity index (χ2v) is 3.79. The second-order valence-electron chi connectivity index (χ2n) is 3.79. The van der Waals surface area contributed by atoms with Crippen molar-refractivity contribution in [2.45, 2.75) is 13.8 Å². The van der Waals surface area contributed by atoms with E-state index in [2.05, 4.69) is 25.2 Å². The third-order valence-electron chi connectivity index (χ3n) is 2.57. The van der Waals surface area contributed by atoms with E-state index in [0.29, 0.717) is 6.61 Å². The Bertz CT molecular complexity index is 313. The Balaban J connectivity index is 2.24. The molecule has 0 saturated carbocycles. The summed E-state index contributed by atoms with van der Waals surface area (Å²) < 4.78 is 10.6. The maximum Gasteiger partial charge on any atom is 0.122 e. The summed E-state index contributed by atoms with van der Waals surface area (Å²) in [5, 5.41) is 3.24. The molecule has 1 N–H and O–H groups in total. The first-order chi connectivity index (χ1) is 7.75. The minimum atomic E-state index is 0.688. The van der Waals surface area contributed by atoms with Gasteiger partial charge >= 0.3 is 0 Å². The molecule has 0 fully saturated rings. The number of benzene rings is 1. The zero-order valence-corrected chi connectivity index (χ0v) is 10.4. The van der Waals surface area contributed by atoms with Crippen LogP contribution in [0.2, 0.25) is 0 Å². The maximum atomic E-state index is 5.69. The Morgan fingerprint density at radius 2 is 1.88 bits per heavy atom. The van der Waals surface area contributed by atoms with E-state index in [1.165, 1.54) is 11.1 Å². The van der Waals surface area contributed by atoms with Crippen LogP contribution >= 0.6 is 0 Å². The number of rotatable bonds is 7. The summed E-state index contributed by atoms with van der Waals surface area (Å²) in [4.78, 5) is 0. The van der Waals surface area contributed by atoms with Crippen LogP contribution in [-0.2, 0) is 4.74 Å². The standard InChI is InChI=1S/C13H21NO2/c1-11-5-4-6-13(12(11)2)16-10-8-14-7-9-15-3/h4-6,14H,7-10H2,1-3H3. The summed E-state index contributed by atoms with van der Waals surface area (Å²) in [5.74, 6) is 0.980. The zero-order chi connectivity index (χ0) is 11.8. The predicted octanol–water partition coefficient (Wildman–Crippen LogP) is 1.92. The van der Waals surface area contributed by atoms with Crippen LogP contribution in [0.5, 0.6) is 5.75 Å². The zero-order valence-electron chi connectivity index (χ0n) is 10.4. The molecule has 1 rings (SSSR count). The molecule has 3 heteroatoms. The average molecular weight is 223 g/mol. The molecule has 0 aliphatic heterocycles. The van der Waals surface area contributed by atoms with Crippen LogP contribution in [0, 0.1) is 13.8 Å². The molecule has 0 radical (unpaired) electrons. The van der Waals surface area contributed by atoms with Gasteiger partial charge in [0.1, 0.15) is 12.4 Å². The Labute approximate surface area is 97.8 Å². The van der Waals surface area contributed by atoms with Gasteiger partial charge in [-0.15, -0.1) is 0 Å². The molecule has 90 valence electrons. The maximum absolute atomic E-state index is 5.69. The molecule has 16 heavy (non-hydrogen) atoms. The Hall–Kier alpha value is -1.06. The van der Waals surface area contributed by atoms with Crippen LogP contribution < -0.4 is 10.1 Å². The number of hydrogen-bond donors (Lipinski definition) is 1. The van der Waals surface area contributed by atoms with E-state index in [4.69, 9.17) is 9.47 Å². The van der Waals surface area contributed by atoms with Gasteiger partial charge < -0.3 is 14.8 Å². The number of aryl methyl sites for hydroxylation is 1. The fourth-order valence-electron chi connectivity index (χ4n) is 1.41. The number of ether oxygens (including phenoxy) is 2. The molecular weight excluding hydrogens is 202 g/mol. The van der Waals surface area contributed by atoms with Crippen molar-refractivity contribution in [2.24, 2.45) is 0 Å². The normalized spacial score (nSPS) is 10.4. The van der Waals surface area contributed by atoms with Crippen LogP contribution in [0.3, 0.4) is 0 Å². The minimum Gasteiger partial charge on any atom is -0.492 e. The van der Waals surface area contributed by atoms with Crippen LogP contribution in [-0.4, -0.2) is 33.4 Å². The Morgan fingerprint density at radius 1 is 1.12 bits per heavy atom. The van der Waals surface area contributed by atoms with Gasteiger partial charge in [-0.25, -0.2) is 0 Å². The number of hydrogen-bond acceptors (Lipinski definition) is 3. The van der Waals surface area contributed by atoms with Crippen LogP contribution in [0.25, 0.3) is 0 Å². The number of methoxy groups -OCH3 is 1. The highest BCUT2D eigenvalue weighted by molar-refractivity contribution is 5.38. The highest BCUT2D eigenvalue weighted by Gasteiger charge is 2.00. The molecule has 0 bridgehead atoms. The van der Waals surface area contributed by atoms with Crippen molar-refractivity contribution < 1.29 is 9.47 Å². The van der Waals surface area contributed by atoms with Crippen LogP contribution in [0.1, 0.15) is 11.1 Å². The van der Waals surface area contributed by atoms with E-state index in [-0.39, 0.29) is 0 Å². The van der Waals surface area contributed by atoms with E-state index in [9.17, 15) is 0 Å². The Morgan fingerprint density at radius 3 is 2.62 bits per heavy atom. The van der Waals surface area contributed by atoms with Gasteiger partial charge in [-0.1, -0.05) is 12.1 Å². The third kappa shape index (κ3) is 4.21. The molecule has 3 nitrogen and oxygen atoms in total. The van der Waals surface area contributed by atoms with Gasteiger partial charge in [-0.05, 0) is 31.0 Å². The SMILES string of the molecule is COCCNCCOc1cccc(C)c1C. The lowest BCUT2D eigenvalue weighted by Gasteiger charge is -2.11. The molecule has 0 heterocycles. The molecule has 0 atom stereocenters. The van der Waals surface area contributed by atoms with Crippen LogP contribution in [0.4, 0.5) is 0 Å². The van der Waals surface area contributed by atoms with Crippen molar-refractivity contribution in [1.82, 2.24) is 5.32 Å². The van der Waals surface area contributed by atoms with Gasteiger partial charge in [0, 0.05) is 20.2 Å². The summed E-state index contributed by atoms with van der Waals surface area (Å²) in [7, 11) is 1.70. The average Bonchev–Trinajstić information content (AvgIpc) is 2.29. The molecule has 0 aromatic heterocycles. The molecule has 0 spiro atoms. The Kier molecular flexibility index (Phi) is 5.90. The summed E-state index contributed by atoms with van der Waals surface area (Å²) in [6, 6.07) is 6.13. The van der Waals surface area contributed by atoms with Gasteiger partial charge in [0.15, 0.2) is 0 Å². The van der Waals surface area contributed by atoms with Gasteiger partial charge in [0.05, 0.1) is 6.61 Å². The fourth-order valence-corrected chi connectivity index (χ4v) is 1.41. The number of nitrogens with one attached hydrogen (secondary N) is 1. The summed E-state index contributed by atoms with van der Waals surface area (Å²) in [6.45, 7) is 7.32. The largest absolute Gasteiger partial charge is 0.492 e. The first kappa shape index (κ1) is 13.0. The van der Waals surface area contributed by atoms with Crippen molar-refractivity contribution in [1.29, 1.82) is 0 Å². The van der Waals surface area contributed by atoms with Gasteiger partial charge in [-0.3, -0.25) is 0 Å². The minimum absolute atomic E-state index is 0.688. The molecule has 0 amide bonds. The monoisotopic (exact) mass is 223 g/mol. The van der Waals surface area contributed by atoms with E-state index >= 15 is 0 Å². The summed E-state index contributed by atoms with van der Waals surface area (Å²) in [6.07, 6.45) is 0. The van der Waals surface area contributed by atoms with E-state index in [0.717, 1.165) is 25.4 Å². The first-order valence-electron chi connectivity index (χ1n) is 5.64. The summed E-state index contributed by atoms with van der Waals surface area (Å²) >= 11 is 0. The van der Waals surface area contributed by atoms with Crippen molar-refractivity contribution in [3.05, 3.63) is 29.3 Å². The molecule has 0 saturated heterocycles. The summed E-state index contributed by atoms with van der Waals surface area (Å²) in [5.41, 5.74) is 2.49. The lowest BCUT2D eigenvalue weighted by atomic mass is 10.1. The van der Waals surface area contributed by atoms with E-state index in [1.54, 1.807) is 7.11 Å². The van der Waals surface area contributed by atoms with E-state index in [1.807, 2.05) is 12.1 Å².